The Hall–Kier alpha value is -1.10. The van der Waals surface area contributed by atoms with Gasteiger partial charge in [-0.05, 0) is 54.4 Å². The van der Waals surface area contributed by atoms with Crippen LogP contribution in [0.5, 0.6) is 0 Å². The SMILES string of the molecule is CC.CC.CCC(N)C(=O)OC(C)(C)C.CCCC(=O)OC(C)(C)C. The van der Waals surface area contributed by atoms with Crippen LogP contribution in [0.1, 0.15) is 102 Å². The standard InChI is InChI=1S/C8H17NO2.C8H16O2.2C2H6/c1-5-6(9)7(10)11-8(2,3)4;1-5-6-7(9)10-8(2,3)4;2*1-2/h6H,5,9H2,1-4H3;5-6H2,1-4H3;2*1-2H3. The maximum atomic E-state index is 11.0. The molecular weight excluding hydrogens is 318 g/mol. The van der Waals surface area contributed by atoms with Gasteiger partial charge >= 0.3 is 11.9 Å². The summed E-state index contributed by atoms with van der Waals surface area (Å²) >= 11 is 0. The predicted octanol–water partition coefficient (Wildman–Crippen LogP) is 5.25. The van der Waals surface area contributed by atoms with Gasteiger partial charge in [0, 0.05) is 6.42 Å². The van der Waals surface area contributed by atoms with Crippen LogP contribution < -0.4 is 5.73 Å². The van der Waals surface area contributed by atoms with E-state index in [1.807, 2.05) is 83.1 Å². The fourth-order valence-corrected chi connectivity index (χ4v) is 1.14. The fraction of sp³-hybridized carbons (Fsp3) is 0.900. The first kappa shape index (κ1) is 31.6. The summed E-state index contributed by atoms with van der Waals surface area (Å²) in [5.74, 6) is -0.421. The second-order valence-corrected chi connectivity index (χ2v) is 6.88. The van der Waals surface area contributed by atoms with Gasteiger partial charge in [0.25, 0.3) is 0 Å². The van der Waals surface area contributed by atoms with Crippen molar-refractivity contribution < 1.29 is 19.1 Å². The largest absolute Gasteiger partial charge is 0.460 e. The lowest BCUT2D eigenvalue weighted by atomic mass is 10.2. The van der Waals surface area contributed by atoms with Crippen molar-refractivity contribution in [3.63, 3.8) is 0 Å². The first-order valence-electron chi connectivity index (χ1n) is 9.52. The molecule has 25 heavy (non-hydrogen) atoms. The van der Waals surface area contributed by atoms with E-state index in [0.29, 0.717) is 12.8 Å². The minimum Gasteiger partial charge on any atom is -0.460 e. The number of rotatable bonds is 4. The summed E-state index contributed by atoms with van der Waals surface area (Å²) in [5, 5.41) is 0. The van der Waals surface area contributed by atoms with E-state index in [1.165, 1.54) is 0 Å². The van der Waals surface area contributed by atoms with E-state index in [1.54, 1.807) is 0 Å². The zero-order valence-electron chi connectivity index (χ0n) is 18.9. The molecule has 0 aromatic carbocycles. The van der Waals surface area contributed by atoms with Gasteiger partial charge in [-0.1, -0.05) is 41.5 Å². The van der Waals surface area contributed by atoms with Crippen molar-refractivity contribution in [1.82, 2.24) is 0 Å². The van der Waals surface area contributed by atoms with Gasteiger partial charge in [-0.3, -0.25) is 9.59 Å². The Balaban J connectivity index is -0.000000147. The maximum absolute atomic E-state index is 11.0. The van der Waals surface area contributed by atoms with Gasteiger partial charge in [-0.25, -0.2) is 0 Å². The Morgan fingerprint density at radius 1 is 0.840 bits per heavy atom. The molecule has 0 aromatic rings. The molecule has 154 valence electrons. The highest BCUT2D eigenvalue weighted by atomic mass is 16.6. The topological polar surface area (TPSA) is 78.6 Å². The summed E-state index contributed by atoms with van der Waals surface area (Å²) < 4.78 is 10.1. The van der Waals surface area contributed by atoms with E-state index >= 15 is 0 Å². The predicted molar refractivity (Wildman–Crippen MR) is 108 cm³/mol. The number of hydrogen-bond donors (Lipinski definition) is 1. The lowest BCUT2D eigenvalue weighted by molar-refractivity contribution is -0.157. The summed E-state index contributed by atoms with van der Waals surface area (Å²) in [7, 11) is 0. The fourth-order valence-electron chi connectivity index (χ4n) is 1.14. The third-order valence-electron chi connectivity index (χ3n) is 2.02. The number of ether oxygens (including phenoxy) is 2. The molecule has 0 radical (unpaired) electrons. The number of carbonyl (C=O) groups excluding carboxylic acids is 2. The van der Waals surface area contributed by atoms with E-state index in [2.05, 4.69) is 0 Å². The smallest absolute Gasteiger partial charge is 0.323 e. The zero-order chi connectivity index (χ0) is 21.3. The number of hydrogen-bond acceptors (Lipinski definition) is 5. The lowest BCUT2D eigenvalue weighted by Crippen LogP contribution is -2.36. The molecule has 1 atom stereocenters. The molecule has 0 aliphatic heterocycles. The van der Waals surface area contributed by atoms with Crippen molar-refractivity contribution in [2.24, 2.45) is 5.73 Å². The van der Waals surface area contributed by atoms with Crippen molar-refractivity contribution in [3.05, 3.63) is 0 Å². The Bertz CT molecular complexity index is 315. The van der Waals surface area contributed by atoms with E-state index in [-0.39, 0.29) is 17.5 Å². The van der Waals surface area contributed by atoms with Crippen molar-refractivity contribution >= 4 is 11.9 Å². The van der Waals surface area contributed by atoms with Gasteiger partial charge in [0.1, 0.15) is 17.2 Å². The van der Waals surface area contributed by atoms with Crippen molar-refractivity contribution in [1.29, 1.82) is 0 Å². The van der Waals surface area contributed by atoms with Crippen LogP contribution in [0, 0.1) is 0 Å². The van der Waals surface area contributed by atoms with Gasteiger partial charge in [0.15, 0.2) is 0 Å². The van der Waals surface area contributed by atoms with Gasteiger partial charge in [-0.2, -0.15) is 0 Å². The second-order valence-electron chi connectivity index (χ2n) is 6.88. The van der Waals surface area contributed by atoms with E-state index in [0.717, 1.165) is 6.42 Å². The molecule has 0 saturated heterocycles. The molecule has 5 heteroatoms. The zero-order valence-corrected chi connectivity index (χ0v) is 18.9. The monoisotopic (exact) mass is 363 g/mol. The molecule has 0 rings (SSSR count). The van der Waals surface area contributed by atoms with Crippen LogP contribution in [-0.2, 0) is 19.1 Å². The molecule has 0 aromatic heterocycles. The molecule has 0 heterocycles. The third kappa shape index (κ3) is 31.2. The van der Waals surface area contributed by atoms with Crippen molar-refractivity contribution in [3.8, 4) is 0 Å². The first-order chi connectivity index (χ1) is 11.3. The van der Waals surface area contributed by atoms with E-state index in [4.69, 9.17) is 15.2 Å². The average molecular weight is 364 g/mol. The Labute approximate surface area is 157 Å². The van der Waals surface area contributed by atoms with Gasteiger partial charge < -0.3 is 15.2 Å². The second kappa shape index (κ2) is 17.7. The third-order valence-corrected chi connectivity index (χ3v) is 2.02. The highest BCUT2D eigenvalue weighted by molar-refractivity contribution is 5.75. The first-order valence-corrected chi connectivity index (χ1v) is 9.52. The molecule has 5 nitrogen and oxygen atoms in total. The van der Waals surface area contributed by atoms with Crippen LogP contribution in [0.25, 0.3) is 0 Å². The quantitative estimate of drug-likeness (QED) is 0.690. The minimum atomic E-state index is -0.478. The van der Waals surface area contributed by atoms with Crippen molar-refractivity contribution in [2.45, 2.75) is 120 Å². The molecule has 2 N–H and O–H groups in total. The Morgan fingerprint density at radius 2 is 1.20 bits per heavy atom. The highest BCUT2D eigenvalue weighted by Crippen LogP contribution is 2.09. The Kier molecular flexibility index (Phi) is 22.4. The molecule has 0 bridgehead atoms. The summed E-state index contributed by atoms with van der Waals surface area (Å²) in [5.41, 5.74) is 4.70. The normalized spacial score (nSPS) is 11.2. The van der Waals surface area contributed by atoms with Gasteiger partial charge in [0.2, 0.25) is 0 Å². The molecule has 0 fully saturated rings. The number of nitrogens with two attached hydrogens (primary N) is 1. The van der Waals surface area contributed by atoms with Gasteiger partial charge in [0.05, 0.1) is 0 Å². The number of esters is 2. The molecule has 0 amide bonds. The van der Waals surface area contributed by atoms with E-state index in [9.17, 15) is 9.59 Å². The van der Waals surface area contributed by atoms with Crippen LogP contribution in [0.3, 0.4) is 0 Å². The van der Waals surface area contributed by atoms with Crippen LogP contribution >= 0.6 is 0 Å². The molecule has 0 saturated carbocycles. The summed E-state index contributed by atoms with van der Waals surface area (Å²) in [4.78, 5) is 21.9. The van der Waals surface area contributed by atoms with Crippen molar-refractivity contribution in [2.75, 3.05) is 0 Å². The molecule has 0 aliphatic carbocycles. The summed E-state index contributed by atoms with van der Waals surface area (Å²) in [6.45, 7) is 22.9. The molecule has 0 aliphatic rings. The summed E-state index contributed by atoms with van der Waals surface area (Å²) in [6.07, 6.45) is 2.00. The van der Waals surface area contributed by atoms with Crippen LogP contribution in [0.15, 0.2) is 0 Å². The maximum Gasteiger partial charge on any atom is 0.323 e. The lowest BCUT2D eigenvalue weighted by Gasteiger charge is -2.21. The van der Waals surface area contributed by atoms with E-state index < -0.39 is 11.6 Å². The Morgan fingerprint density at radius 3 is 1.44 bits per heavy atom. The molecule has 1 unspecified atom stereocenters. The molecule has 0 spiro atoms. The van der Waals surface area contributed by atoms with Crippen LogP contribution in [0.2, 0.25) is 0 Å². The number of carbonyl (C=O) groups is 2. The average Bonchev–Trinajstić information content (AvgIpc) is 2.47. The van der Waals surface area contributed by atoms with Crippen LogP contribution in [0.4, 0.5) is 0 Å². The summed E-state index contributed by atoms with van der Waals surface area (Å²) in [6, 6.07) is -0.478. The van der Waals surface area contributed by atoms with Gasteiger partial charge in [-0.15, -0.1) is 0 Å². The molecular formula is C20H45NO4. The minimum absolute atomic E-state index is 0.102. The van der Waals surface area contributed by atoms with Crippen LogP contribution in [-0.4, -0.2) is 29.2 Å². The highest BCUT2D eigenvalue weighted by Gasteiger charge is 2.20.